The molecule has 0 aliphatic carbocycles. The molecule has 2 heterocycles. The highest BCUT2D eigenvalue weighted by atomic mass is 16.2. The number of anilines is 1. The molecule has 0 saturated carbocycles. The second kappa shape index (κ2) is 8.34. The third-order valence-corrected chi connectivity index (χ3v) is 5.09. The highest BCUT2D eigenvalue weighted by Gasteiger charge is 2.22. The summed E-state index contributed by atoms with van der Waals surface area (Å²) in [6.07, 6.45) is 3.86. The van der Waals surface area contributed by atoms with E-state index in [-0.39, 0.29) is 17.7 Å². The first-order chi connectivity index (χ1) is 12.6. The Labute approximate surface area is 154 Å². The van der Waals surface area contributed by atoms with Crippen LogP contribution in [0.4, 0.5) is 5.69 Å². The van der Waals surface area contributed by atoms with Crippen molar-refractivity contribution in [3.63, 3.8) is 0 Å². The van der Waals surface area contributed by atoms with Crippen molar-refractivity contribution >= 4 is 23.4 Å². The number of rotatable bonds is 4. The molecule has 26 heavy (non-hydrogen) atoms. The van der Waals surface area contributed by atoms with Crippen LogP contribution in [0.3, 0.4) is 0 Å². The molecule has 0 unspecified atom stereocenters. The fourth-order valence-corrected chi connectivity index (χ4v) is 3.62. The molecule has 0 aromatic heterocycles. The number of aryl methyl sites for hydroxylation is 1. The molecule has 2 aliphatic heterocycles. The Morgan fingerprint density at radius 2 is 1.77 bits per heavy atom. The van der Waals surface area contributed by atoms with Crippen molar-refractivity contribution in [2.45, 2.75) is 45.4 Å². The van der Waals surface area contributed by atoms with Crippen molar-refractivity contribution < 1.29 is 14.4 Å². The van der Waals surface area contributed by atoms with Crippen LogP contribution >= 0.6 is 0 Å². The molecule has 3 rings (SSSR count). The summed E-state index contributed by atoms with van der Waals surface area (Å²) in [7, 11) is 0. The van der Waals surface area contributed by atoms with Crippen molar-refractivity contribution in [3.8, 4) is 0 Å². The van der Waals surface area contributed by atoms with Crippen LogP contribution in [-0.2, 0) is 27.2 Å². The maximum atomic E-state index is 12.7. The van der Waals surface area contributed by atoms with Crippen molar-refractivity contribution in [2.24, 2.45) is 0 Å². The minimum Gasteiger partial charge on any atom is -0.341 e. The lowest BCUT2D eigenvalue weighted by molar-refractivity contribution is -0.133. The molecule has 1 N–H and O–H groups in total. The number of hydrogen-bond donors (Lipinski definition) is 1. The molecule has 0 spiro atoms. The Hall–Kier alpha value is -2.37. The first-order valence-corrected chi connectivity index (χ1v) is 9.54. The van der Waals surface area contributed by atoms with E-state index >= 15 is 0 Å². The Balaban J connectivity index is 1.58. The number of hydrogen-bond acceptors (Lipinski definition) is 3. The average Bonchev–Trinajstić information content (AvgIpc) is 2.88. The Morgan fingerprint density at radius 3 is 2.50 bits per heavy atom. The summed E-state index contributed by atoms with van der Waals surface area (Å²) in [5.74, 6) is 0.348. The molecule has 2 aliphatic rings. The summed E-state index contributed by atoms with van der Waals surface area (Å²) in [5, 5.41) is 2.87. The molecule has 0 radical (unpaired) electrons. The van der Waals surface area contributed by atoms with E-state index in [0.717, 1.165) is 42.6 Å². The van der Waals surface area contributed by atoms with Gasteiger partial charge in [0.05, 0.1) is 6.42 Å². The molecule has 1 aromatic rings. The number of nitrogens with one attached hydrogen (secondary N) is 1. The highest BCUT2D eigenvalue weighted by Crippen LogP contribution is 2.24. The zero-order valence-corrected chi connectivity index (χ0v) is 15.4. The molecule has 0 atom stereocenters. The molecule has 1 aromatic carbocycles. The number of carbonyl (C=O) groups is 3. The van der Waals surface area contributed by atoms with Crippen molar-refractivity contribution in [2.75, 3.05) is 31.5 Å². The number of nitrogens with zero attached hydrogens (tertiary/aromatic N) is 2. The SMILES string of the molecule is CCCC(=O)N1CCCN(C(=O)Cc2ccc3c(c2)CCC(=O)N3)CC1. The van der Waals surface area contributed by atoms with Gasteiger partial charge in [0.15, 0.2) is 0 Å². The van der Waals surface area contributed by atoms with Gasteiger partial charge < -0.3 is 15.1 Å². The number of fused-ring (bicyclic) bond motifs is 1. The lowest BCUT2D eigenvalue weighted by atomic mass is 9.99. The van der Waals surface area contributed by atoms with Crippen LogP contribution in [0, 0.1) is 0 Å². The summed E-state index contributed by atoms with van der Waals surface area (Å²) in [4.78, 5) is 40.0. The lowest BCUT2D eigenvalue weighted by Gasteiger charge is -2.23. The summed E-state index contributed by atoms with van der Waals surface area (Å²) in [6, 6.07) is 5.83. The summed E-state index contributed by atoms with van der Waals surface area (Å²) < 4.78 is 0. The van der Waals surface area contributed by atoms with Crippen molar-refractivity contribution in [1.29, 1.82) is 0 Å². The van der Waals surface area contributed by atoms with Gasteiger partial charge in [-0.25, -0.2) is 0 Å². The van der Waals surface area contributed by atoms with E-state index in [9.17, 15) is 14.4 Å². The van der Waals surface area contributed by atoms with E-state index in [4.69, 9.17) is 0 Å². The van der Waals surface area contributed by atoms with Gasteiger partial charge in [-0.15, -0.1) is 0 Å². The summed E-state index contributed by atoms with van der Waals surface area (Å²) >= 11 is 0. The molecular formula is C20H27N3O3. The first-order valence-electron chi connectivity index (χ1n) is 9.54. The molecular weight excluding hydrogens is 330 g/mol. The van der Waals surface area contributed by atoms with Crippen LogP contribution in [0.2, 0.25) is 0 Å². The summed E-state index contributed by atoms with van der Waals surface area (Å²) in [6.45, 7) is 4.68. The van der Waals surface area contributed by atoms with Gasteiger partial charge in [-0.05, 0) is 36.5 Å². The monoisotopic (exact) mass is 357 g/mol. The van der Waals surface area contributed by atoms with E-state index in [1.165, 1.54) is 0 Å². The Kier molecular flexibility index (Phi) is 5.91. The fraction of sp³-hybridized carbons (Fsp3) is 0.550. The van der Waals surface area contributed by atoms with E-state index in [2.05, 4.69) is 5.32 Å². The van der Waals surface area contributed by atoms with E-state index in [1.807, 2.05) is 34.9 Å². The van der Waals surface area contributed by atoms with Crippen LogP contribution in [-0.4, -0.2) is 53.7 Å². The second-order valence-corrected chi connectivity index (χ2v) is 7.08. The Bertz CT molecular complexity index is 702. The molecule has 1 fully saturated rings. The highest BCUT2D eigenvalue weighted by molar-refractivity contribution is 5.94. The standard InChI is InChI=1S/C20H27N3O3/c1-2-4-19(25)22-9-3-10-23(12-11-22)20(26)14-15-5-7-17-16(13-15)6-8-18(24)21-17/h5,7,13H,2-4,6,8-12,14H2,1H3,(H,21,24). The van der Waals surface area contributed by atoms with Gasteiger partial charge in [0.25, 0.3) is 0 Å². The maximum Gasteiger partial charge on any atom is 0.227 e. The van der Waals surface area contributed by atoms with E-state index in [1.54, 1.807) is 0 Å². The van der Waals surface area contributed by atoms with Gasteiger partial charge in [0.1, 0.15) is 0 Å². The van der Waals surface area contributed by atoms with Crippen LogP contribution in [0.25, 0.3) is 0 Å². The molecule has 0 bridgehead atoms. The first kappa shape index (κ1) is 18.4. The Morgan fingerprint density at radius 1 is 1.04 bits per heavy atom. The van der Waals surface area contributed by atoms with Gasteiger partial charge in [-0.3, -0.25) is 14.4 Å². The van der Waals surface area contributed by atoms with Crippen LogP contribution in [0.15, 0.2) is 18.2 Å². The third-order valence-electron chi connectivity index (χ3n) is 5.09. The zero-order chi connectivity index (χ0) is 18.5. The predicted molar refractivity (Wildman–Crippen MR) is 99.8 cm³/mol. The molecule has 6 heteroatoms. The van der Waals surface area contributed by atoms with Gasteiger partial charge in [-0.1, -0.05) is 19.1 Å². The maximum absolute atomic E-state index is 12.7. The van der Waals surface area contributed by atoms with Gasteiger partial charge >= 0.3 is 0 Å². The van der Waals surface area contributed by atoms with Gasteiger partial charge in [-0.2, -0.15) is 0 Å². The normalized spacial score (nSPS) is 17.3. The van der Waals surface area contributed by atoms with Crippen LogP contribution in [0.1, 0.15) is 43.7 Å². The van der Waals surface area contributed by atoms with Crippen LogP contribution < -0.4 is 5.32 Å². The largest absolute Gasteiger partial charge is 0.341 e. The zero-order valence-electron chi connectivity index (χ0n) is 15.4. The lowest BCUT2D eigenvalue weighted by Crippen LogP contribution is -2.37. The fourth-order valence-electron chi connectivity index (χ4n) is 3.62. The second-order valence-electron chi connectivity index (χ2n) is 7.08. The third kappa shape index (κ3) is 4.42. The summed E-state index contributed by atoms with van der Waals surface area (Å²) in [5.41, 5.74) is 2.94. The quantitative estimate of drug-likeness (QED) is 0.896. The van der Waals surface area contributed by atoms with Crippen LogP contribution in [0.5, 0.6) is 0 Å². The number of benzene rings is 1. The smallest absolute Gasteiger partial charge is 0.227 e. The van der Waals surface area contributed by atoms with E-state index in [0.29, 0.717) is 38.9 Å². The molecule has 6 nitrogen and oxygen atoms in total. The van der Waals surface area contributed by atoms with Gasteiger partial charge in [0, 0.05) is 44.7 Å². The molecule has 140 valence electrons. The number of carbonyl (C=O) groups excluding carboxylic acids is 3. The minimum atomic E-state index is 0.0491. The average molecular weight is 357 g/mol. The van der Waals surface area contributed by atoms with Crippen molar-refractivity contribution in [1.82, 2.24) is 9.80 Å². The predicted octanol–water partition coefficient (Wildman–Crippen LogP) is 1.97. The molecule has 1 saturated heterocycles. The topological polar surface area (TPSA) is 69.7 Å². The minimum absolute atomic E-state index is 0.0491. The van der Waals surface area contributed by atoms with E-state index < -0.39 is 0 Å². The number of amides is 3. The van der Waals surface area contributed by atoms with Crippen molar-refractivity contribution in [3.05, 3.63) is 29.3 Å². The molecule has 3 amide bonds. The van der Waals surface area contributed by atoms with Gasteiger partial charge in [0.2, 0.25) is 17.7 Å².